The summed E-state index contributed by atoms with van der Waals surface area (Å²) in [5.41, 5.74) is 2.53. The number of hydrogen-bond acceptors (Lipinski definition) is 5. The molecule has 32 heavy (non-hydrogen) atoms. The average Bonchev–Trinajstić information content (AvgIpc) is 2.69. The number of carbonyl (C=O) groups excluding carboxylic acids is 1. The smallest absolute Gasteiger partial charge is 0.174 e. The summed E-state index contributed by atoms with van der Waals surface area (Å²) in [5, 5.41) is 20.1. The number of aliphatic hydroxyl groups is 1. The van der Waals surface area contributed by atoms with Gasteiger partial charge in [-0.05, 0) is 106 Å². The number of halogens is 1. The Bertz CT molecular complexity index is 822. The largest absolute Gasteiger partial charge is 0.504 e. The number of hydrogen-bond donors (Lipinski definition) is 2. The molecule has 1 unspecified atom stereocenters. The van der Waals surface area contributed by atoms with Crippen LogP contribution in [0.2, 0.25) is 0 Å². The Labute approximate surface area is 202 Å². The van der Waals surface area contributed by atoms with Crippen molar-refractivity contribution >= 4 is 21.7 Å². The van der Waals surface area contributed by atoms with Gasteiger partial charge in [0.05, 0.1) is 17.2 Å². The Hall–Kier alpha value is -1.63. The average molecular weight is 511 g/mol. The van der Waals surface area contributed by atoms with Crippen LogP contribution in [-0.2, 0) is 17.6 Å². The number of methoxy groups -OCH3 is 1. The van der Waals surface area contributed by atoms with Crippen molar-refractivity contribution in [3.05, 3.63) is 45.5 Å². The third-order valence-corrected chi connectivity index (χ3v) is 6.27. The Morgan fingerprint density at radius 2 is 2.00 bits per heavy atom. The maximum atomic E-state index is 12.2. The van der Waals surface area contributed by atoms with Gasteiger partial charge in [0, 0.05) is 12.5 Å². The van der Waals surface area contributed by atoms with Gasteiger partial charge in [0.1, 0.15) is 0 Å². The molecule has 6 heteroatoms. The van der Waals surface area contributed by atoms with Gasteiger partial charge in [-0.1, -0.05) is 24.6 Å². The molecule has 0 aliphatic heterocycles. The number of aromatic hydroxyl groups is 1. The number of likely N-dealkylation sites (N-methyl/N-ethyl adjacent to an activating group) is 1. The van der Waals surface area contributed by atoms with Crippen molar-refractivity contribution in [3.63, 3.8) is 0 Å². The number of ether oxygens (including phenoxy) is 1. The zero-order valence-electron chi connectivity index (χ0n) is 20.7. The molecular formula is C26H40BrNO4. The first-order valence-corrected chi connectivity index (χ1v) is 12.0. The lowest BCUT2D eigenvalue weighted by atomic mass is 9.95. The number of phenols is 1. The lowest BCUT2D eigenvalue weighted by Gasteiger charge is -2.17. The Morgan fingerprint density at radius 3 is 2.56 bits per heavy atom. The highest BCUT2D eigenvalue weighted by Gasteiger charge is 2.17. The Balaban J connectivity index is 2.77. The highest BCUT2D eigenvalue weighted by atomic mass is 79.9. The highest BCUT2D eigenvalue weighted by molar-refractivity contribution is 9.10. The Kier molecular flexibility index (Phi) is 11.7. The monoisotopic (exact) mass is 509 g/mol. The quantitative estimate of drug-likeness (QED) is 0.273. The van der Waals surface area contributed by atoms with Crippen molar-refractivity contribution in [2.75, 3.05) is 27.7 Å². The molecule has 0 aliphatic carbocycles. The summed E-state index contributed by atoms with van der Waals surface area (Å²) in [6.07, 6.45) is 9.48. The number of carbonyl (C=O) groups is 1. The number of allylic oxidation sites excluding steroid dienone is 3. The molecule has 1 aromatic carbocycles. The van der Waals surface area contributed by atoms with Crippen molar-refractivity contribution in [1.82, 2.24) is 4.90 Å². The molecule has 0 amide bonds. The van der Waals surface area contributed by atoms with E-state index in [4.69, 9.17) is 4.74 Å². The molecule has 0 aromatic heterocycles. The molecule has 0 saturated heterocycles. The van der Waals surface area contributed by atoms with E-state index in [1.165, 1.54) is 11.6 Å². The fourth-order valence-electron chi connectivity index (χ4n) is 3.36. The summed E-state index contributed by atoms with van der Waals surface area (Å²) in [4.78, 5) is 14.3. The van der Waals surface area contributed by atoms with Crippen molar-refractivity contribution in [3.8, 4) is 11.5 Å². The predicted octanol–water partition coefficient (Wildman–Crippen LogP) is 5.46. The molecule has 0 bridgehead atoms. The van der Waals surface area contributed by atoms with Crippen molar-refractivity contribution < 1.29 is 19.7 Å². The molecular weight excluding hydrogens is 470 g/mol. The molecule has 0 spiro atoms. The van der Waals surface area contributed by atoms with Crippen molar-refractivity contribution in [1.29, 1.82) is 0 Å². The van der Waals surface area contributed by atoms with Crippen LogP contribution in [0.4, 0.5) is 0 Å². The summed E-state index contributed by atoms with van der Waals surface area (Å²) < 4.78 is 6.18. The van der Waals surface area contributed by atoms with E-state index in [9.17, 15) is 15.0 Å². The Morgan fingerprint density at radius 1 is 1.34 bits per heavy atom. The van der Waals surface area contributed by atoms with E-state index in [0.717, 1.165) is 54.2 Å². The van der Waals surface area contributed by atoms with Gasteiger partial charge in [0.2, 0.25) is 0 Å². The van der Waals surface area contributed by atoms with Gasteiger partial charge in [-0.3, -0.25) is 4.79 Å². The number of nitrogens with zero attached hydrogens (tertiary/aromatic N) is 1. The third kappa shape index (κ3) is 9.88. The first-order valence-electron chi connectivity index (χ1n) is 11.2. The molecule has 0 fully saturated rings. The zero-order valence-corrected chi connectivity index (χ0v) is 22.3. The standard InChI is InChI=1S/C26H40BrNO4/c1-18(9-8-10-19(2)22(29)13-15-26(3,4)31)11-12-20-17-23(30)25(32-7)24(27)21(20)14-16-28(5)6/h11,13,15,17,19,30-31H,8-10,12,14,16H2,1-7H3/b15-13+,18-11+. The van der Waals surface area contributed by atoms with Crippen LogP contribution >= 0.6 is 15.9 Å². The van der Waals surface area contributed by atoms with E-state index >= 15 is 0 Å². The SMILES string of the molecule is COc1c(O)cc(C/C=C(\C)CCCC(C)C(=O)/C=C/C(C)(C)O)c(CCN(C)C)c1Br. The van der Waals surface area contributed by atoms with Gasteiger partial charge in [-0.15, -0.1) is 0 Å². The second-order valence-electron chi connectivity index (χ2n) is 9.37. The molecule has 1 rings (SSSR count). The number of rotatable bonds is 13. The molecule has 2 N–H and O–H groups in total. The van der Waals surface area contributed by atoms with E-state index in [2.05, 4.69) is 33.8 Å². The highest BCUT2D eigenvalue weighted by Crippen LogP contribution is 2.39. The van der Waals surface area contributed by atoms with Crippen LogP contribution in [0.3, 0.4) is 0 Å². The summed E-state index contributed by atoms with van der Waals surface area (Å²) in [6.45, 7) is 8.25. The maximum absolute atomic E-state index is 12.2. The van der Waals surface area contributed by atoms with Crippen LogP contribution in [0.25, 0.3) is 0 Å². The van der Waals surface area contributed by atoms with Crippen LogP contribution < -0.4 is 4.74 Å². The van der Waals surface area contributed by atoms with Gasteiger partial charge in [-0.25, -0.2) is 0 Å². The zero-order chi connectivity index (χ0) is 24.5. The molecule has 1 atom stereocenters. The topological polar surface area (TPSA) is 70.0 Å². The van der Waals surface area contributed by atoms with E-state index in [-0.39, 0.29) is 17.5 Å². The molecule has 1 aromatic rings. The first kappa shape index (κ1) is 28.4. The van der Waals surface area contributed by atoms with E-state index in [0.29, 0.717) is 5.75 Å². The number of benzene rings is 1. The predicted molar refractivity (Wildman–Crippen MR) is 136 cm³/mol. The first-order chi connectivity index (χ1) is 14.9. The lowest BCUT2D eigenvalue weighted by Crippen LogP contribution is -2.16. The van der Waals surface area contributed by atoms with Gasteiger partial charge < -0.3 is 19.8 Å². The molecule has 0 heterocycles. The van der Waals surface area contributed by atoms with Crippen LogP contribution in [-0.4, -0.2) is 54.2 Å². The number of ketones is 1. The fourth-order valence-corrected chi connectivity index (χ4v) is 4.17. The summed E-state index contributed by atoms with van der Waals surface area (Å²) in [7, 11) is 5.65. The second kappa shape index (κ2) is 13.2. The summed E-state index contributed by atoms with van der Waals surface area (Å²) >= 11 is 3.62. The van der Waals surface area contributed by atoms with Gasteiger partial charge in [0.25, 0.3) is 0 Å². The van der Waals surface area contributed by atoms with Crippen molar-refractivity contribution in [2.24, 2.45) is 5.92 Å². The van der Waals surface area contributed by atoms with E-state index in [1.54, 1.807) is 33.1 Å². The normalized spacial score (nSPS) is 13.8. The molecule has 180 valence electrons. The summed E-state index contributed by atoms with van der Waals surface area (Å²) in [6, 6.07) is 1.80. The summed E-state index contributed by atoms with van der Waals surface area (Å²) in [5.74, 6) is 0.604. The molecule has 0 aliphatic rings. The van der Waals surface area contributed by atoms with Crippen LogP contribution in [0.15, 0.2) is 34.3 Å². The molecule has 5 nitrogen and oxygen atoms in total. The minimum absolute atomic E-state index is 0.0536. The molecule has 0 saturated carbocycles. The minimum Gasteiger partial charge on any atom is -0.504 e. The van der Waals surface area contributed by atoms with Crippen LogP contribution in [0.5, 0.6) is 11.5 Å². The fraction of sp³-hybridized carbons (Fsp3) is 0.577. The van der Waals surface area contributed by atoms with Crippen LogP contribution in [0.1, 0.15) is 58.1 Å². The number of phenolic OH excluding ortho intramolecular Hbond substituents is 1. The van der Waals surface area contributed by atoms with Gasteiger partial charge in [0.15, 0.2) is 17.3 Å². The van der Waals surface area contributed by atoms with Crippen LogP contribution in [0, 0.1) is 5.92 Å². The van der Waals surface area contributed by atoms with Crippen molar-refractivity contribution in [2.45, 2.75) is 65.4 Å². The maximum Gasteiger partial charge on any atom is 0.174 e. The van der Waals surface area contributed by atoms with E-state index in [1.807, 2.05) is 21.0 Å². The third-order valence-electron chi connectivity index (χ3n) is 5.43. The van der Waals surface area contributed by atoms with Gasteiger partial charge >= 0.3 is 0 Å². The second-order valence-corrected chi connectivity index (χ2v) is 10.2. The molecule has 0 radical (unpaired) electrons. The van der Waals surface area contributed by atoms with E-state index < -0.39 is 5.60 Å². The van der Waals surface area contributed by atoms with Gasteiger partial charge in [-0.2, -0.15) is 0 Å². The minimum atomic E-state index is -0.967. The lowest BCUT2D eigenvalue weighted by molar-refractivity contribution is -0.118.